The van der Waals surface area contributed by atoms with E-state index in [2.05, 4.69) is 37.0 Å². The molecule has 2 aromatic carbocycles. The Labute approximate surface area is 129 Å². The van der Waals surface area contributed by atoms with Crippen molar-refractivity contribution in [2.24, 2.45) is 5.73 Å². The normalized spacial score (nSPS) is 10.0. The fraction of sp³-hybridized carbons (Fsp3) is 0.222. The van der Waals surface area contributed by atoms with Gasteiger partial charge in [0.2, 0.25) is 0 Å². The molecule has 0 atom stereocenters. The molecule has 0 aromatic heterocycles. The number of thioether (sulfide) groups is 1. The van der Waals surface area contributed by atoms with Crippen LogP contribution in [0.5, 0.6) is 0 Å². The summed E-state index contributed by atoms with van der Waals surface area (Å²) in [4.78, 5) is 0. The Morgan fingerprint density at radius 1 is 1.10 bits per heavy atom. The van der Waals surface area contributed by atoms with Gasteiger partial charge >= 0.3 is 0 Å². The quantitative estimate of drug-likeness (QED) is 0.867. The van der Waals surface area contributed by atoms with Crippen molar-refractivity contribution in [2.75, 3.05) is 6.54 Å². The number of halogens is 1. The van der Waals surface area contributed by atoms with Crippen molar-refractivity contribution in [1.82, 2.24) is 0 Å². The zero-order valence-corrected chi connectivity index (χ0v) is 12.8. The van der Waals surface area contributed by atoms with Crippen LogP contribution < -0.4 is 5.73 Å². The molecule has 0 saturated carbocycles. The first-order chi connectivity index (χ1) is 10.2. The SMILES string of the molecule is Cc1ccccc1CSCc1ccc(F)cc1C#CCN. The fourth-order valence-electron chi connectivity index (χ4n) is 1.98. The molecular weight excluding hydrogens is 281 g/mol. The Bertz CT molecular complexity index is 670. The molecule has 0 amide bonds. The van der Waals surface area contributed by atoms with Crippen molar-refractivity contribution in [3.05, 3.63) is 70.5 Å². The van der Waals surface area contributed by atoms with Crippen molar-refractivity contribution in [2.45, 2.75) is 18.4 Å². The minimum absolute atomic E-state index is 0.260. The maximum atomic E-state index is 13.3. The summed E-state index contributed by atoms with van der Waals surface area (Å²) in [6.07, 6.45) is 0. The largest absolute Gasteiger partial charge is 0.320 e. The Morgan fingerprint density at radius 2 is 1.86 bits per heavy atom. The van der Waals surface area contributed by atoms with Crippen LogP contribution in [0.15, 0.2) is 42.5 Å². The lowest BCUT2D eigenvalue weighted by molar-refractivity contribution is 0.627. The van der Waals surface area contributed by atoms with E-state index in [0.29, 0.717) is 0 Å². The van der Waals surface area contributed by atoms with Crippen LogP contribution in [0.25, 0.3) is 0 Å². The molecule has 2 N–H and O–H groups in total. The van der Waals surface area contributed by atoms with Crippen LogP contribution in [-0.4, -0.2) is 6.54 Å². The molecule has 0 saturated heterocycles. The highest BCUT2D eigenvalue weighted by molar-refractivity contribution is 7.97. The van der Waals surface area contributed by atoms with Crippen molar-refractivity contribution < 1.29 is 4.39 Å². The predicted octanol–water partition coefficient (Wildman–Crippen LogP) is 3.88. The molecule has 0 fully saturated rings. The summed E-state index contributed by atoms with van der Waals surface area (Å²) in [7, 11) is 0. The summed E-state index contributed by atoms with van der Waals surface area (Å²) in [5.41, 5.74) is 9.80. The zero-order chi connectivity index (χ0) is 15.1. The van der Waals surface area contributed by atoms with E-state index in [9.17, 15) is 4.39 Å². The molecule has 0 radical (unpaired) electrons. The molecular formula is C18H18FNS. The van der Waals surface area contributed by atoms with Crippen LogP contribution in [-0.2, 0) is 11.5 Å². The molecule has 0 aliphatic rings. The van der Waals surface area contributed by atoms with Crippen molar-refractivity contribution >= 4 is 11.8 Å². The molecule has 0 aliphatic heterocycles. The Hall–Kier alpha value is -1.76. The smallest absolute Gasteiger partial charge is 0.124 e. The average Bonchev–Trinajstić information content (AvgIpc) is 2.49. The molecule has 0 spiro atoms. The molecule has 2 aromatic rings. The number of hydrogen-bond acceptors (Lipinski definition) is 2. The summed E-state index contributed by atoms with van der Waals surface area (Å²) < 4.78 is 13.3. The van der Waals surface area contributed by atoms with Crippen LogP contribution in [0.4, 0.5) is 4.39 Å². The lowest BCUT2D eigenvalue weighted by Crippen LogP contribution is -1.95. The standard InChI is InChI=1S/C18H18FNS/c1-14-5-2-3-6-16(14)12-21-13-17-8-9-18(19)11-15(17)7-4-10-20/h2-3,5-6,8-9,11H,10,12-13,20H2,1H3. The third kappa shape index (κ3) is 4.63. The highest BCUT2D eigenvalue weighted by Gasteiger charge is 2.04. The van der Waals surface area contributed by atoms with Gasteiger partial charge in [0.15, 0.2) is 0 Å². The molecule has 1 nitrogen and oxygen atoms in total. The first-order valence-electron chi connectivity index (χ1n) is 6.80. The third-order valence-corrected chi connectivity index (χ3v) is 4.20. The van der Waals surface area contributed by atoms with Gasteiger partial charge in [-0.2, -0.15) is 11.8 Å². The van der Waals surface area contributed by atoms with E-state index in [1.165, 1.54) is 23.3 Å². The summed E-state index contributed by atoms with van der Waals surface area (Å²) >= 11 is 1.81. The lowest BCUT2D eigenvalue weighted by Gasteiger charge is -2.07. The van der Waals surface area contributed by atoms with Crippen LogP contribution >= 0.6 is 11.8 Å². The van der Waals surface area contributed by atoms with Gasteiger partial charge in [-0.3, -0.25) is 0 Å². The van der Waals surface area contributed by atoms with Crippen molar-refractivity contribution in [1.29, 1.82) is 0 Å². The highest BCUT2D eigenvalue weighted by Crippen LogP contribution is 2.22. The minimum Gasteiger partial charge on any atom is -0.320 e. The van der Waals surface area contributed by atoms with E-state index in [0.717, 1.165) is 22.6 Å². The van der Waals surface area contributed by atoms with Gasteiger partial charge in [0.1, 0.15) is 5.82 Å². The summed E-state index contributed by atoms with van der Waals surface area (Å²) in [5.74, 6) is 7.22. The number of rotatable bonds is 4. The van der Waals surface area contributed by atoms with Crippen molar-refractivity contribution in [3.63, 3.8) is 0 Å². The second-order valence-electron chi connectivity index (χ2n) is 4.73. The maximum absolute atomic E-state index is 13.3. The van der Waals surface area contributed by atoms with E-state index in [-0.39, 0.29) is 12.4 Å². The van der Waals surface area contributed by atoms with Gasteiger partial charge in [0.25, 0.3) is 0 Å². The Balaban J connectivity index is 2.05. The van der Waals surface area contributed by atoms with E-state index in [4.69, 9.17) is 5.73 Å². The Morgan fingerprint density at radius 3 is 2.62 bits per heavy atom. The summed E-state index contributed by atoms with van der Waals surface area (Å²) in [6, 6.07) is 13.1. The molecule has 3 heteroatoms. The zero-order valence-electron chi connectivity index (χ0n) is 12.0. The second kappa shape index (κ2) is 7.87. The molecule has 0 bridgehead atoms. The van der Waals surface area contributed by atoms with E-state index < -0.39 is 0 Å². The topological polar surface area (TPSA) is 26.0 Å². The molecule has 0 unspecified atom stereocenters. The van der Waals surface area contributed by atoms with E-state index in [1.807, 2.05) is 6.07 Å². The van der Waals surface area contributed by atoms with Gasteiger partial charge in [0, 0.05) is 17.1 Å². The maximum Gasteiger partial charge on any atom is 0.124 e. The fourth-order valence-corrected chi connectivity index (χ4v) is 3.10. The highest BCUT2D eigenvalue weighted by atomic mass is 32.2. The first-order valence-corrected chi connectivity index (χ1v) is 7.96. The predicted molar refractivity (Wildman–Crippen MR) is 88.5 cm³/mol. The number of nitrogens with two attached hydrogens (primary N) is 1. The van der Waals surface area contributed by atoms with Gasteiger partial charge in [-0.25, -0.2) is 4.39 Å². The van der Waals surface area contributed by atoms with Gasteiger partial charge < -0.3 is 5.73 Å². The molecule has 0 aliphatic carbocycles. The van der Waals surface area contributed by atoms with E-state index >= 15 is 0 Å². The second-order valence-corrected chi connectivity index (χ2v) is 5.71. The third-order valence-electron chi connectivity index (χ3n) is 3.17. The minimum atomic E-state index is -0.260. The van der Waals surface area contributed by atoms with Crippen LogP contribution in [0.1, 0.15) is 22.3 Å². The Kier molecular flexibility index (Phi) is 5.86. The van der Waals surface area contributed by atoms with Crippen LogP contribution in [0, 0.1) is 24.6 Å². The van der Waals surface area contributed by atoms with Crippen LogP contribution in [0.3, 0.4) is 0 Å². The monoisotopic (exact) mass is 299 g/mol. The van der Waals surface area contributed by atoms with Gasteiger partial charge in [-0.15, -0.1) is 0 Å². The van der Waals surface area contributed by atoms with Gasteiger partial charge in [0.05, 0.1) is 6.54 Å². The average molecular weight is 299 g/mol. The molecule has 2 rings (SSSR count). The molecule has 21 heavy (non-hydrogen) atoms. The lowest BCUT2D eigenvalue weighted by atomic mass is 10.1. The first kappa shape index (κ1) is 15.6. The summed E-state index contributed by atoms with van der Waals surface area (Å²) in [5, 5.41) is 0. The van der Waals surface area contributed by atoms with Gasteiger partial charge in [-0.05, 0) is 35.7 Å². The summed E-state index contributed by atoms with van der Waals surface area (Å²) in [6.45, 7) is 2.40. The molecule has 108 valence electrons. The molecule has 0 heterocycles. The number of hydrogen-bond donors (Lipinski definition) is 1. The number of benzene rings is 2. The van der Waals surface area contributed by atoms with Gasteiger partial charge in [-0.1, -0.05) is 42.2 Å². The number of aryl methyl sites for hydroxylation is 1. The van der Waals surface area contributed by atoms with Crippen LogP contribution in [0.2, 0.25) is 0 Å². The van der Waals surface area contributed by atoms with E-state index in [1.54, 1.807) is 17.8 Å². The van der Waals surface area contributed by atoms with Crippen molar-refractivity contribution in [3.8, 4) is 11.8 Å².